The molecule has 3 aromatic rings. The highest BCUT2D eigenvalue weighted by Gasteiger charge is 1.95. The molecule has 0 unspecified atom stereocenters. The highest BCUT2D eigenvalue weighted by molar-refractivity contribution is 5.80. The molecule has 0 aliphatic carbocycles. The molecule has 19 heavy (non-hydrogen) atoms. The van der Waals surface area contributed by atoms with Crippen molar-refractivity contribution >= 4 is 17.0 Å². The Kier molecular flexibility index (Phi) is 2.98. The van der Waals surface area contributed by atoms with Crippen LogP contribution >= 0.6 is 0 Å². The number of benzene rings is 1. The minimum Gasteiger partial charge on any atom is -0.334 e. The van der Waals surface area contributed by atoms with Crippen molar-refractivity contribution in [3.8, 4) is 0 Å². The van der Waals surface area contributed by atoms with Gasteiger partial charge in [-0.1, -0.05) is 18.2 Å². The molecule has 2 heterocycles. The van der Waals surface area contributed by atoms with Crippen molar-refractivity contribution in [3.05, 3.63) is 71.0 Å². The van der Waals surface area contributed by atoms with Gasteiger partial charge in [0.15, 0.2) is 0 Å². The van der Waals surface area contributed by atoms with Crippen molar-refractivity contribution in [2.45, 2.75) is 6.54 Å². The van der Waals surface area contributed by atoms with Gasteiger partial charge in [-0.25, -0.2) is 4.98 Å². The average Bonchev–Trinajstić information content (AvgIpc) is 2.92. The van der Waals surface area contributed by atoms with Gasteiger partial charge in [-0.3, -0.25) is 4.79 Å². The molecule has 2 aromatic heterocycles. The van der Waals surface area contributed by atoms with E-state index in [2.05, 4.69) is 28.2 Å². The third-order valence-corrected chi connectivity index (χ3v) is 2.93. The number of hydrogen-bond donors (Lipinski definition) is 1. The second kappa shape index (κ2) is 4.94. The van der Waals surface area contributed by atoms with Crippen molar-refractivity contribution < 1.29 is 0 Å². The van der Waals surface area contributed by atoms with Crippen molar-refractivity contribution in [2.24, 2.45) is 0 Å². The van der Waals surface area contributed by atoms with Gasteiger partial charge in [0, 0.05) is 30.5 Å². The summed E-state index contributed by atoms with van der Waals surface area (Å²) >= 11 is 0. The van der Waals surface area contributed by atoms with Crippen molar-refractivity contribution in [1.82, 2.24) is 14.5 Å². The molecule has 0 saturated heterocycles. The van der Waals surface area contributed by atoms with Crippen LogP contribution in [0, 0.1) is 0 Å². The van der Waals surface area contributed by atoms with Gasteiger partial charge >= 0.3 is 0 Å². The summed E-state index contributed by atoms with van der Waals surface area (Å²) in [6, 6.07) is 9.34. The maximum Gasteiger partial charge on any atom is 0.248 e. The summed E-state index contributed by atoms with van der Waals surface area (Å²) in [5, 5.41) is 1.03. The van der Waals surface area contributed by atoms with Crippen LogP contribution in [-0.4, -0.2) is 14.5 Å². The van der Waals surface area contributed by atoms with Gasteiger partial charge in [-0.2, -0.15) is 0 Å². The van der Waals surface area contributed by atoms with Crippen LogP contribution in [0.3, 0.4) is 0 Å². The summed E-state index contributed by atoms with van der Waals surface area (Å²) in [5.41, 5.74) is 1.90. The molecule has 0 bridgehead atoms. The molecule has 3 rings (SSSR count). The number of nitrogens with one attached hydrogen (secondary N) is 1. The van der Waals surface area contributed by atoms with E-state index in [1.807, 2.05) is 29.0 Å². The first-order valence-electron chi connectivity index (χ1n) is 6.07. The van der Waals surface area contributed by atoms with Gasteiger partial charge in [0.2, 0.25) is 5.56 Å². The molecule has 0 fully saturated rings. The molecule has 0 atom stereocenters. The van der Waals surface area contributed by atoms with Crippen LogP contribution in [0.4, 0.5) is 0 Å². The fourth-order valence-electron chi connectivity index (χ4n) is 1.98. The smallest absolute Gasteiger partial charge is 0.248 e. The minimum absolute atomic E-state index is 0.0732. The standard InChI is InChI=1S/C15H13N3O/c19-15-6-4-13-10-12(3-5-14(13)17-15)2-1-8-18-9-7-16-11-18/h1-7,9-11H,8H2,(H,17,19). The molecule has 94 valence electrons. The number of rotatable bonds is 3. The Balaban J connectivity index is 1.83. The summed E-state index contributed by atoms with van der Waals surface area (Å²) in [4.78, 5) is 18.0. The Morgan fingerprint density at radius 2 is 2.21 bits per heavy atom. The van der Waals surface area contributed by atoms with Gasteiger partial charge < -0.3 is 9.55 Å². The van der Waals surface area contributed by atoms with Crippen LogP contribution in [0.2, 0.25) is 0 Å². The summed E-state index contributed by atoms with van der Waals surface area (Å²) in [6.07, 6.45) is 9.62. The first-order valence-corrected chi connectivity index (χ1v) is 6.07. The lowest BCUT2D eigenvalue weighted by atomic mass is 10.1. The molecule has 1 aromatic carbocycles. The zero-order valence-corrected chi connectivity index (χ0v) is 10.3. The minimum atomic E-state index is -0.0732. The lowest BCUT2D eigenvalue weighted by Gasteiger charge is -1.99. The molecule has 0 aliphatic rings. The van der Waals surface area contributed by atoms with Gasteiger partial charge in [-0.05, 0) is 29.1 Å². The molecule has 0 saturated carbocycles. The maximum absolute atomic E-state index is 11.2. The zero-order chi connectivity index (χ0) is 13.1. The Bertz CT molecular complexity index is 769. The Labute approximate surface area is 110 Å². The lowest BCUT2D eigenvalue weighted by Crippen LogP contribution is -2.01. The van der Waals surface area contributed by atoms with E-state index in [0.717, 1.165) is 23.0 Å². The van der Waals surface area contributed by atoms with Crippen molar-refractivity contribution in [2.75, 3.05) is 0 Å². The third kappa shape index (κ3) is 2.63. The van der Waals surface area contributed by atoms with Crippen LogP contribution in [0.1, 0.15) is 5.56 Å². The molecule has 0 aliphatic heterocycles. The monoisotopic (exact) mass is 251 g/mol. The van der Waals surface area contributed by atoms with Crippen LogP contribution in [0.5, 0.6) is 0 Å². The highest BCUT2D eigenvalue weighted by atomic mass is 16.1. The van der Waals surface area contributed by atoms with Gasteiger partial charge in [0.1, 0.15) is 0 Å². The molecular formula is C15H13N3O. The molecule has 4 nitrogen and oxygen atoms in total. The van der Waals surface area contributed by atoms with Crippen LogP contribution in [0.15, 0.2) is 59.9 Å². The quantitative estimate of drug-likeness (QED) is 0.777. The summed E-state index contributed by atoms with van der Waals surface area (Å²) < 4.78 is 2.00. The SMILES string of the molecule is O=c1ccc2cc(C=CCn3ccnc3)ccc2[nH]1. The van der Waals surface area contributed by atoms with E-state index in [-0.39, 0.29) is 5.56 Å². The molecule has 0 spiro atoms. The van der Waals surface area contributed by atoms with Crippen molar-refractivity contribution in [3.63, 3.8) is 0 Å². The number of imidazole rings is 1. The number of aromatic amines is 1. The summed E-state index contributed by atoms with van der Waals surface area (Å²) in [6.45, 7) is 0.795. The summed E-state index contributed by atoms with van der Waals surface area (Å²) in [5.74, 6) is 0. The molecule has 0 amide bonds. The van der Waals surface area contributed by atoms with Crippen LogP contribution in [-0.2, 0) is 6.54 Å². The topological polar surface area (TPSA) is 50.7 Å². The normalized spacial score (nSPS) is 11.4. The van der Waals surface area contributed by atoms with E-state index in [1.54, 1.807) is 18.6 Å². The van der Waals surface area contributed by atoms with E-state index in [1.165, 1.54) is 0 Å². The fraction of sp³-hybridized carbons (Fsp3) is 0.0667. The Hall–Kier alpha value is -2.62. The predicted octanol–water partition coefficient (Wildman–Crippen LogP) is 2.44. The number of aromatic nitrogens is 3. The van der Waals surface area contributed by atoms with E-state index >= 15 is 0 Å². The van der Waals surface area contributed by atoms with E-state index < -0.39 is 0 Å². The fourth-order valence-corrected chi connectivity index (χ4v) is 1.98. The second-order valence-corrected chi connectivity index (χ2v) is 4.33. The second-order valence-electron chi connectivity index (χ2n) is 4.33. The first-order chi connectivity index (χ1) is 9.31. The summed E-state index contributed by atoms with van der Waals surface area (Å²) in [7, 11) is 0. The van der Waals surface area contributed by atoms with Crippen LogP contribution < -0.4 is 5.56 Å². The van der Waals surface area contributed by atoms with Gasteiger partial charge in [0.05, 0.1) is 6.33 Å². The average molecular weight is 251 g/mol. The zero-order valence-electron chi connectivity index (χ0n) is 10.3. The number of nitrogens with zero attached hydrogens (tertiary/aromatic N) is 2. The Morgan fingerprint density at radius 3 is 3.05 bits per heavy atom. The number of hydrogen-bond acceptors (Lipinski definition) is 2. The molecular weight excluding hydrogens is 238 g/mol. The van der Waals surface area contributed by atoms with E-state index in [0.29, 0.717) is 0 Å². The van der Waals surface area contributed by atoms with Crippen LogP contribution in [0.25, 0.3) is 17.0 Å². The number of pyridine rings is 1. The number of allylic oxidation sites excluding steroid dienone is 1. The lowest BCUT2D eigenvalue weighted by molar-refractivity contribution is 0.823. The predicted molar refractivity (Wildman–Crippen MR) is 75.8 cm³/mol. The molecule has 1 N–H and O–H groups in total. The molecule has 0 radical (unpaired) electrons. The highest BCUT2D eigenvalue weighted by Crippen LogP contribution is 2.13. The number of H-pyrrole nitrogens is 1. The largest absolute Gasteiger partial charge is 0.334 e. The Morgan fingerprint density at radius 1 is 1.26 bits per heavy atom. The van der Waals surface area contributed by atoms with Gasteiger partial charge in [-0.15, -0.1) is 0 Å². The van der Waals surface area contributed by atoms with Gasteiger partial charge in [0.25, 0.3) is 0 Å². The van der Waals surface area contributed by atoms with Crippen molar-refractivity contribution in [1.29, 1.82) is 0 Å². The maximum atomic E-state index is 11.2. The first kappa shape index (κ1) is 11.5. The number of fused-ring (bicyclic) bond motifs is 1. The van der Waals surface area contributed by atoms with E-state index in [9.17, 15) is 4.79 Å². The van der Waals surface area contributed by atoms with E-state index in [4.69, 9.17) is 0 Å². The molecule has 4 heteroatoms. The third-order valence-electron chi connectivity index (χ3n) is 2.93.